The number of methoxy groups -OCH3 is 1. The quantitative estimate of drug-likeness (QED) is 0.219. The molecule has 176 valence electrons. The van der Waals surface area contributed by atoms with E-state index in [4.69, 9.17) is 14.5 Å². The third-order valence-corrected chi connectivity index (χ3v) is 6.19. The van der Waals surface area contributed by atoms with Gasteiger partial charge in [0, 0.05) is 5.39 Å². The average Bonchev–Trinajstić information content (AvgIpc) is 2.86. The van der Waals surface area contributed by atoms with Crippen molar-refractivity contribution in [1.29, 1.82) is 0 Å². The molecule has 0 bridgehead atoms. The minimum absolute atomic E-state index is 0.699. The summed E-state index contributed by atoms with van der Waals surface area (Å²) in [6.45, 7) is 6.96. The number of hydrogen-bond acceptors (Lipinski definition) is 3. The molecule has 0 radical (unpaired) electrons. The molecule has 0 spiro atoms. The van der Waals surface area contributed by atoms with Gasteiger partial charge in [-0.2, -0.15) is 0 Å². The molecule has 2 aromatic carbocycles. The number of benzene rings is 2. The Hall–Kier alpha value is -2.81. The second kappa shape index (κ2) is 13.7. The number of nitrogens with zero attached hydrogens (tertiary/aromatic N) is 1. The Morgan fingerprint density at radius 1 is 0.818 bits per heavy atom. The highest BCUT2D eigenvalue weighted by atomic mass is 16.5. The van der Waals surface area contributed by atoms with Crippen molar-refractivity contribution in [3.63, 3.8) is 0 Å². The molecule has 3 nitrogen and oxygen atoms in total. The highest BCUT2D eigenvalue weighted by Crippen LogP contribution is 2.41. The molecular formula is C30H39NO2. The van der Waals surface area contributed by atoms with Crippen molar-refractivity contribution in [1.82, 2.24) is 4.98 Å². The van der Waals surface area contributed by atoms with Crippen LogP contribution in [-0.2, 0) is 0 Å². The van der Waals surface area contributed by atoms with Gasteiger partial charge in [0.1, 0.15) is 0 Å². The summed E-state index contributed by atoms with van der Waals surface area (Å²) in [4.78, 5) is 4.88. The van der Waals surface area contributed by atoms with Crippen LogP contribution in [0.1, 0.15) is 76.7 Å². The van der Waals surface area contributed by atoms with Gasteiger partial charge in [0.15, 0.2) is 11.5 Å². The van der Waals surface area contributed by atoms with Gasteiger partial charge in [-0.25, -0.2) is 4.98 Å². The van der Waals surface area contributed by atoms with E-state index in [2.05, 4.69) is 25.6 Å². The van der Waals surface area contributed by atoms with Gasteiger partial charge < -0.3 is 9.47 Å². The van der Waals surface area contributed by atoms with E-state index in [1.54, 1.807) is 7.11 Å². The van der Waals surface area contributed by atoms with Crippen molar-refractivity contribution >= 4 is 17.0 Å². The number of fused-ring (bicyclic) bond motifs is 1. The lowest BCUT2D eigenvalue weighted by Gasteiger charge is -2.17. The van der Waals surface area contributed by atoms with Crippen molar-refractivity contribution < 1.29 is 9.47 Å². The minimum atomic E-state index is 0.699. The van der Waals surface area contributed by atoms with E-state index in [1.807, 2.05) is 42.5 Å². The third-order valence-electron chi connectivity index (χ3n) is 6.19. The first-order valence-corrected chi connectivity index (χ1v) is 12.6. The van der Waals surface area contributed by atoms with Crippen LogP contribution in [0.4, 0.5) is 0 Å². The van der Waals surface area contributed by atoms with Crippen molar-refractivity contribution in [2.75, 3.05) is 13.7 Å². The monoisotopic (exact) mass is 445 g/mol. The molecule has 3 aromatic rings. The van der Waals surface area contributed by atoms with Crippen molar-refractivity contribution in [3.05, 3.63) is 60.7 Å². The number of pyridine rings is 1. The lowest BCUT2D eigenvalue weighted by atomic mass is 10.0. The molecule has 0 saturated heterocycles. The van der Waals surface area contributed by atoms with Gasteiger partial charge >= 0.3 is 0 Å². The summed E-state index contributed by atoms with van der Waals surface area (Å²) in [5.74, 6) is 1.49. The maximum Gasteiger partial charge on any atom is 0.170 e. The summed E-state index contributed by atoms with van der Waals surface area (Å²) < 4.78 is 12.0. The fraction of sp³-hybridized carbons (Fsp3) is 0.433. The first kappa shape index (κ1) is 24.8. The maximum absolute atomic E-state index is 6.16. The van der Waals surface area contributed by atoms with Gasteiger partial charge in [0.25, 0.3) is 0 Å². The molecule has 0 unspecified atom stereocenters. The largest absolute Gasteiger partial charge is 0.492 e. The van der Waals surface area contributed by atoms with Gasteiger partial charge in [0.2, 0.25) is 0 Å². The van der Waals surface area contributed by atoms with Gasteiger partial charge in [-0.3, -0.25) is 0 Å². The van der Waals surface area contributed by atoms with E-state index in [9.17, 15) is 0 Å². The highest BCUT2D eigenvalue weighted by Gasteiger charge is 2.17. The predicted molar refractivity (Wildman–Crippen MR) is 141 cm³/mol. The molecule has 0 aliphatic rings. The van der Waals surface area contributed by atoms with Gasteiger partial charge in [-0.05, 0) is 30.2 Å². The fourth-order valence-corrected chi connectivity index (χ4v) is 4.31. The second-order valence-electron chi connectivity index (χ2n) is 8.68. The lowest BCUT2D eigenvalue weighted by Crippen LogP contribution is -2.02. The van der Waals surface area contributed by atoms with E-state index in [0.717, 1.165) is 45.6 Å². The zero-order valence-electron chi connectivity index (χ0n) is 20.4. The Morgan fingerprint density at radius 2 is 1.52 bits per heavy atom. The number of hydrogen-bond donors (Lipinski definition) is 0. The van der Waals surface area contributed by atoms with Crippen LogP contribution in [0.3, 0.4) is 0 Å². The van der Waals surface area contributed by atoms with Gasteiger partial charge in [0.05, 0.1) is 30.5 Å². The molecule has 1 heterocycles. The average molecular weight is 446 g/mol. The number of para-hydroxylation sites is 1. The van der Waals surface area contributed by atoms with Gasteiger partial charge in [-0.1, -0.05) is 108 Å². The van der Waals surface area contributed by atoms with Crippen molar-refractivity contribution in [3.8, 4) is 22.8 Å². The molecule has 33 heavy (non-hydrogen) atoms. The summed E-state index contributed by atoms with van der Waals surface area (Å²) >= 11 is 0. The molecule has 3 heteroatoms. The Balaban J connectivity index is 1.59. The number of unbranched alkanes of at least 4 members (excludes halogenated alkanes) is 9. The predicted octanol–water partition coefficient (Wildman–Crippen LogP) is 8.85. The summed E-state index contributed by atoms with van der Waals surface area (Å²) in [6.07, 6.45) is 15.0. The topological polar surface area (TPSA) is 31.4 Å². The molecule has 1 aromatic heterocycles. The molecule has 3 rings (SSSR count). The molecule has 0 fully saturated rings. The van der Waals surface area contributed by atoms with Crippen LogP contribution in [0.5, 0.6) is 11.5 Å². The first-order valence-electron chi connectivity index (χ1n) is 12.6. The Bertz CT molecular complexity index is 1010. The molecular weight excluding hydrogens is 406 g/mol. The number of ether oxygens (including phenoxy) is 2. The second-order valence-corrected chi connectivity index (χ2v) is 8.68. The standard InChI is InChI=1S/C30H39NO2/c1-4-6-7-8-9-10-11-12-13-16-23-33-28-22-20-24(5-2)29(30(28)32-3)27-21-19-25-17-14-15-18-26(25)31-27/h5,14-15,17-22H,2,4,6-13,16,23H2,1,3H3. The van der Waals surface area contributed by atoms with Crippen LogP contribution in [0, 0.1) is 0 Å². The molecule has 0 amide bonds. The molecule has 0 N–H and O–H groups in total. The molecule has 0 saturated carbocycles. The minimum Gasteiger partial charge on any atom is -0.492 e. The Morgan fingerprint density at radius 3 is 2.21 bits per heavy atom. The van der Waals surface area contributed by atoms with Crippen molar-refractivity contribution in [2.24, 2.45) is 0 Å². The third kappa shape index (κ3) is 7.08. The highest BCUT2D eigenvalue weighted by molar-refractivity contribution is 5.86. The zero-order valence-corrected chi connectivity index (χ0v) is 20.4. The van der Waals surface area contributed by atoms with Gasteiger partial charge in [-0.15, -0.1) is 0 Å². The molecule has 0 aliphatic carbocycles. The van der Waals surface area contributed by atoms with E-state index in [0.29, 0.717) is 6.61 Å². The molecule has 0 atom stereocenters. The fourth-order valence-electron chi connectivity index (χ4n) is 4.31. The van der Waals surface area contributed by atoms with E-state index < -0.39 is 0 Å². The van der Waals surface area contributed by atoms with Crippen LogP contribution in [0.15, 0.2) is 55.1 Å². The van der Waals surface area contributed by atoms with E-state index >= 15 is 0 Å². The van der Waals surface area contributed by atoms with Crippen LogP contribution >= 0.6 is 0 Å². The van der Waals surface area contributed by atoms with E-state index in [1.165, 1.54) is 57.8 Å². The zero-order chi connectivity index (χ0) is 23.3. The van der Waals surface area contributed by atoms with Crippen LogP contribution in [0.25, 0.3) is 28.2 Å². The Labute approximate surface area is 199 Å². The van der Waals surface area contributed by atoms with E-state index in [-0.39, 0.29) is 0 Å². The maximum atomic E-state index is 6.16. The number of aromatic nitrogens is 1. The summed E-state index contributed by atoms with van der Waals surface area (Å²) in [6, 6.07) is 16.3. The number of rotatable bonds is 15. The van der Waals surface area contributed by atoms with Crippen molar-refractivity contribution in [2.45, 2.75) is 71.1 Å². The normalized spacial score (nSPS) is 11.0. The van der Waals surface area contributed by atoms with Crippen LogP contribution in [0.2, 0.25) is 0 Å². The Kier molecular flexibility index (Phi) is 10.3. The SMILES string of the molecule is C=Cc1ccc(OCCCCCCCCCCCC)c(OC)c1-c1ccc2ccccc2n1. The van der Waals surface area contributed by atoms with Crippen LogP contribution in [-0.4, -0.2) is 18.7 Å². The summed E-state index contributed by atoms with van der Waals surface area (Å²) in [5.41, 5.74) is 3.74. The molecule has 0 aliphatic heterocycles. The smallest absolute Gasteiger partial charge is 0.170 e. The summed E-state index contributed by atoms with van der Waals surface area (Å²) in [7, 11) is 1.69. The lowest BCUT2D eigenvalue weighted by molar-refractivity contribution is 0.285. The van der Waals surface area contributed by atoms with Crippen LogP contribution < -0.4 is 9.47 Å². The first-order chi connectivity index (χ1) is 16.3. The summed E-state index contributed by atoms with van der Waals surface area (Å²) in [5, 5.41) is 1.12.